The monoisotopic (exact) mass is 462 g/mol. The fourth-order valence-electron chi connectivity index (χ4n) is 3.73. The first kappa shape index (κ1) is 31.3. The number of unbranched alkanes of at least 4 members (excludes halogenated alkanes) is 15. The van der Waals surface area contributed by atoms with Gasteiger partial charge in [0.1, 0.15) is 31.0 Å². The Bertz CT molecular complexity index is 419. The van der Waals surface area contributed by atoms with E-state index in [4.69, 9.17) is 9.84 Å². The van der Waals surface area contributed by atoms with E-state index in [1.807, 2.05) is 0 Å². The van der Waals surface area contributed by atoms with Gasteiger partial charge in [-0.25, -0.2) is 0 Å². The van der Waals surface area contributed by atoms with Gasteiger partial charge >= 0.3 is 5.97 Å². The Kier molecular flexibility index (Phi) is 21.6. The number of carbonyl (C=O) groups excluding carboxylic acids is 1. The molecule has 0 aliphatic rings. The summed E-state index contributed by atoms with van der Waals surface area (Å²) in [5.41, 5.74) is 0. The zero-order valence-corrected chi connectivity index (χ0v) is 20.3. The van der Waals surface area contributed by atoms with Gasteiger partial charge in [-0.05, 0) is 6.42 Å². The summed E-state index contributed by atoms with van der Waals surface area (Å²) in [4.78, 5) is 11.7. The highest BCUT2D eigenvalue weighted by Crippen LogP contribution is 2.14. The van der Waals surface area contributed by atoms with Crippen molar-refractivity contribution in [3.05, 3.63) is 0 Å². The number of hydrogen-bond donors (Lipinski definition) is 5. The Hall–Kier alpha value is -0.730. The Morgan fingerprint density at radius 1 is 0.625 bits per heavy atom. The van der Waals surface area contributed by atoms with Gasteiger partial charge in [0, 0.05) is 6.42 Å². The molecule has 0 unspecified atom stereocenters. The Labute approximate surface area is 195 Å². The molecular formula is C25H50O7. The standard InChI is InChI=1S/C25H50O7/c1-2-3-4-5-6-7-8-9-10-11-12-13-14-15-16-17-18-23(29)32-20-22(28)25(31)24(30)21(27)19-26/h21-22,24-28,30-31H,2-20H2,1H3/t21-,22-,24-,25-/m0/s1. The van der Waals surface area contributed by atoms with Crippen LogP contribution in [0.15, 0.2) is 0 Å². The molecule has 4 atom stereocenters. The van der Waals surface area contributed by atoms with Crippen LogP contribution in [-0.4, -0.2) is 69.1 Å². The van der Waals surface area contributed by atoms with Crippen LogP contribution >= 0.6 is 0 Å². The molecule has 0 bridgehead atoms. The molecular weight excluding hydrogens is 412 g/mol. The summed E-state index contributed by atoms with van der Waals surface area (Å²) in [6.45, 7) is 1.04. The maximum absolute atomic E-state index is 11.7. The highest BCUT2D eigenvalue weighted by atomic mass is 16.5. The largest absolute Gasteiger partial charge is 0.463 e. The predicted molar refractivity (Wildman–Crippen MR) is 126 cm³/mol. The second-order valence-corrected chi connectivity index (χ2v) is 9.03. The van der Waals surface area contributed by atoms with E-state index in [0.29, 0.717) is 0 Å². The van der Waals surface area contributed by atoms with Gasteiger partial charge in [0.15, 0.2) is 0 Å². The van der Waals surface area contributed by atoms with E-state index in [2.05, 4.69) is 6.92 Å². The van der Waals surface area contributed by atoms with Gasteiger partial charge in [-0.1, -0.05) is 103 Å². The van der Waals surface area contributed by atoms with Gasteiger partial charge in [0.05, 0.1) is 6.61 Å². The van der Waals surface area contributed by atoms with E-state index in [-0.39, 0.29) is 6.42 Å². The van der Waals surface area contributed by atoms with Crippen molar-refractivity contribution in [3.63, 3.8) is 0 Å². The van der Waals surface area contributed by atoms with Gasteiger partial charge < -0.3 is 30.3 Å². The average molecular weight is 463 g/mol. The smallest absolute Gasteiger partial charge is 0.305 e. The van der Waals surface area contributed by atoms with Crippen LogP contribution in [-0.2, 0) is 9.53 Å². The zero-order chi connectivity index (χ0) is 24.0. The molecule has 0 fully saturated rings. The molecule has 7 heteroatoms. The number of aliphatic hydroxyl groups excluding tert-OH is 5. The van der Waals surface area contributed by atoms with Crippen molar-refractivity contribution in [2.75, 3.05) is 13.2 Å². The molecule has 0 rings (SSSR count). The van der Waals surface area contributed by atoms with E-state index < -0.39 is 43.6 Å². The van der Waals surface area contributed by atoms with Crippen LogP contribution in [0.3, 0.4) is 0 Å². The van der Waals surface area contributed by atoms with Gasteiger partial charge in [0.2, 0.25) is 0 Å². The number of ether oxygens (including phenoxy) is 1. The highest BCUT2D eigenvalue weighted by Gasteiger charge is 2.30. The minimum absolute atomic E-state index is 0.253. The van der Waals surface area contributed by atoms with E-state index in [1.165, 1.54) is 83.5 Å². The number of hydrogen-bond acceptors (Lipinski definition) is 7. The van der Waals surface area contributed by atoms with Crippen molar-refractivity contribution in [2.45, 2.75) is 140 Å². The molecule has 0 aromatic carbocycles. The predicted octanol–water partition coefficient (Wildman–Crippen LogP) is 3.62. The quantitative estimate of drug-likeness (QED) is 0.116. The minimum atomic E-state index is -1.71. The molecule has 0 aromatic rings. The summed E-state index contributed by atoms with van der Waals surface area (Å²) in [7, 11) is 0. The molecule has 0 saturated carbocycles. The summed E-state index contributed by atoms with van der Waals surface area (Å²) in [6, 6.07) is 0. The summed E-state index contributed by atoms with van der Waals surface area (Å²) in [6.07, 6.45) is 13.9. The van der Waals surface area contributed by atoms with Crippen LogP contribution in [0.2, 0.25) is 0 Å². The fourth-order valence-corrected chi connectivity index (χ4v) is 3.73. The molecule has 0 aliphatic carbocycles. The molecule has 0 amide bonds. The number of aliphatic hydroxyl groups is 5. The van der Waals surface area contributed by atoms with Gasteiger partial charge in [0.25, 0.3) is 0 Å². The lowest BCUT2D eigenvalue weighted by Gasteiger charge is -2.25. The number of rotatable bonds is 23. The first-order valence-corrected chi connectivity index (χ1v) is 12.9. The lowest BCUT2D eigenvalue weighted by Crippen LogP contribution is -2.47. The molecule has 0 heterocycles. The fraction of sp³-hybridized carbons (Fsp3) is 0.960. The maximum Gasteiger partial charge on any atom is 0.305 e. The Morgan fingerprint density at radius 2 is 1.00 bits per heavy atom. The average Bonchev–Trinajstić information content (AvgIpc) is 2.80. The molecule has 5 N–H and O–H groups in total. The highest BCUT2D eigenvalue weighted by molar-refractivity contribution is 5.69. The summed E-state index contributed by atoms with van der Waals surface area (Å²) >= 11 is 0. The zero-order valence-electron chi connectivity index (χ0n) is 20.3. The second kappa shape index (κ2) is 22.1. The molecule has 7 nitrogen and oxygen atoms in total. The third kappa shape index (κ3) is 17.8. The van der Waals surface area contributed by atoms with Crippen molar-refractivity contribution in [1.29, 1.82) is 0 Å². The van der Waals surface area contributed by atoms with E-state index >= 15 is 0 Å². The number of carbonyl (C=O) groups is 1. The minimum Gasteiger partial charge on any atom is -0.463 e. The first-order chi connectivity index (χ1) is 15.4. The van der Waals surface area contributed by atoms with Crippen LogP contribution < -0.4 is 0 Å². The second-order valence-electron chi connectivity index (χ2n) is 9.03. The van der Waals surface area contributed by atoms with Crippen molar-refractivity contribution in [2.24, 2.45) is 0 Å². The summed E-state index contributed by atoms with van der Waals surface area (Å²) in [5.74, 6) is -0.459. The first-order valence-electron chi connectivity index (χ1n) is 12.9. The number of esters is 1. The van der Waals surface area contributed by atoms with Crippen LogP contribution in [0.25, 0.3) is 0 Å². The van der Waals surface area contributed by atoms with Crippen molar-refractivity contribution in [1.82, 2.24) is 0 Å². The van der Waals surface area contributed by atoms with E-state index in [9.17, 15) is 25.2 Å². The normalized spacial score (nSPS) is 15.3. The Morgan fingerprint density at radius 3 is 1.41 bits per heavy atom. The molecule has 0 spiro atoms. The molecule has 0 saturated heterocycles. The van der Waals surface area contributed by atoms with Crippen LogP contribution in [0, 0.1) is 0 Å². The summed E-state index contributed by atoms with van der Waals surface area (Å²) < 4.78 is 4.91. The lowest BCUT2D eigenvalue weighted by atomic mass is 10.0. The molecule has 192 valence electrons. The topological polar surface area (TPSA) is 127 Å². The van der Waals surface area contributed by atoms with Crippen LogP contribution in [0.5, 0.6) is 0 Å². The van der Waals surface area contributed by atoms with E-state index in [0.717, 1.165) is 19.3 Å². The third-order valence-corrected chi connectivity index (χ3v) is 5.97. The summed E-state index contributed by atoms with van der Waals surface area (Å²) in [5, 5.41) is 46.9. The third-order valence-electron chi connectivity index (χ3n) is 5.97. The van der Waals surface area contributed by atoms with Gasteiger partial charge in [-0.2, -0.15) is 0 Å². The van der Waals surface area contributed by atoms with E-state index in [1.54, 1.807) is 0 Å². The molecule has 32 heavy (non-hydrogen) atoms. The van der Waals surface area contributed by atoms with Crippen molar-refractivity contribution >= 4 is 5.97 Å². The van der Waals surface area contributed by atoms with Crippen LogP contribution in [0.4, 0.5) is 0 Å². The maximum atomic E-state index is 11.7. The Balaban J connectivity index is 3.44. The lowest BCUT2D eigenvalue weighted by molar-refractivity contribution is -0.156. The van der Waals surface area contributed by atoms with Gasteiger partial charge in [-0.15, -0.1) is 0 Å². The van der Waals surface area contributed by atoms with Crippen LogP contribution in [0.1, 0.15) is 116 Å². The SMILES string of the molecule is CCCCCCCCCCCCCCCCCCC(=O)OC[C@H](O)[C@H](O)[C@@H](O)[C@@H](O)CO. The van der Waals surface area contributed by atoms with Gasteiger partial charge in [-0.3, -0.25) is 4.79 Å². The molecule has 0 radical (unpaired) electrons. The van der Waals surface area contributed by atoms with Crippen molar-refractivity contribution in [3.8, 4) is 0 Å². The molecule has 0 aromatic heterocycles. The molecule has 0 aliphatic heterocycles. The van der Waals surface area contributed by atoms with Crippen molar-refractivity contribution < 1.29 is 35.1 Å².